The molecule has 1 fully saturated rings. The van der Waals surface area contributed by atoms with Crippen molar-refractivity contribution in [2.75, 3.05) is 7.05 Å². The molecule has 4 nitrogen and oxygen atoms in total. The summed E-state index contributed by atoms with van der Waals surface area (Å²) in [6.45, 7) is 0.556. The molecule has 1 aromatic carbocycles. The van der Waals surface area contributed by atoms with E-state index in [-0.39, 0.29) is 5.91 Å². The average Bonchev–Trinajstić information content (AvgIpc) is 2.40. The van der Waals surface area contributed by atoms with E-state index in [9.17, 15) is 9.59 Å². The lowest BCUT2D eigenvalue weighted by Gasteiger charge is -2.27. The van der Waals surface area contributed by atoms with Crippen LogP contribution in [0.4, 0.5) is 0 Å². The smallest absolute Gasteiger partial charge is 0.328 e. The molecule has 1 amide bonds. The van der Waals surface area contributed by atoms with Gasteiger partial charge < -0.3 is 10.0 Å². The van der Waals surface area contributed by atoms with Gasteiger partial charge in [-0.2, -0.15) is 0 Å². The molecular weight excluding hydrogens is 266 g/mol. The summed E-state index contributed by atoms with van der Waals surface area (Å²) in [6, 6.07) is 7.58. The molecule has 0 unspecified atom stereocenters. The van der Waals surface area contributed by atoms with Gasteiger partial charge in [0.1, 0.15) is 0 Å². The Morgan fingerprint density at radius 1 is 1.38 bits per heavy atom. The number of aliphatic carboxylic acids is 1. The summed E-state index contributed by atoms with van der Waals surface area (Å²) in [5.74, 6) is -0.204. The number of nitrogens with zero attached hydrogens (tertiary/aromatic N) is 1. The molecule has 0 spiro atoms. The lowest BCUT2D eigenvalue weighted by molar-refractivity contribution is -0.132. The molecule has 1 aliphatic rings. The predicted octanol–water partition coefficient (Wildman–Crippen LogP) is 2.93. The molecule has 4 heteroatoms. The van der Waals surface area contributed by atoms with E-state index < -0.39 is 5.97 Å². The van der Waals surface area contributed by atoms with Gasteiger partial charge in [-0.15, -0.1) is 0 Å². The van der Waals surface area contributed by atoms with Crippen molar-refractivity contribution in [3.63, 3.8) is 0 Å². The summed E-state index contributed by atoms with van der Waals surface area (Å²) < 4.78 is 0. The number of benzene rings is 1. The molecule has 1 aromatic rings. The quantitative estimate of drug-likeness (QED) is 0.818. The van der Waals surface area contributed by atoms with Crippen molar-refractivity contribution in [2.45, 2.75) is 32.2 Å². The Morgan fingerprint density at radius 2 is 2.14 bits per heavy atom. The Bertz CT molecular complexity index is 547. The Kier molecular flexibility index (Phi) is 5.14. The number of carbonyl (C=O) groups excluding carboxylic acids is 1. The Labute approximate surface area is 125 Å². The zero-order chi connectivity index (χ0) is 15.2. The Balaban J connectivity index is 1.93. The van der Waals surface area contributed by atoms with Crippen molar-refractivity contribution in [3.05, 3.63) is 41.5 Å². The number of hydrogen-bond donors (Lipinski definition) is 1. The van der Waals surface area contributed by atoms with Crippen molar-refractivity contribution < 1.29 is 14.7 Å². The highest BCUT2D eigenvalue weighted by molar-refractivity contribution is 5.85. The fourth-order valence-corrected chi connectivity index (χ4v) is 2.42. The molecule has 112 valence electrons. The van der Waals surface area contributed by atoms with Gasteiger partial charge in [0.15, 0.2) is 0 Å². The van der Waals surface area contributed by atoms with E-state index in [4.69, 9.17) is 5.11 Å². The minimum absolute atomic E-state index is 0.186. The first-order valence-electron chi connectivity index (χ1n) is 7.28. The maximum atomic E-state index is 12.1. The van der Waals surface area contributed by atoms with Crippen LogP contribution in [0.2, 0.25) is 0 Å². The predicted molar refractivity (Wildman–Crippen MR) is 81.5 cm³/mol. The van der Waals surface area contributed by atoms with Gasteiger partial charge in [0.05, 0.1) is 0 Å². The zero-order valence-electron chi connectivity index (χ0n) is 12.3. The van der Waals surface area contributed by atoms with E-state index in [1.165, 1.54) is 19.3 Å². The highest BCUT2D eigenvalue weighted by Crippen LogP contribution is 2.29. The Morgan fingerprint density at radius 3 is 2.76 bits per heavy atom. The van der Waals surface area contributed by atoms with E-state index in [1.54, 1.807) is 11.0 Å². The van der Waals surface area contributed by atoms with E-state index in [0.29, 0.717) is 18.9 Å². The second-order valence-corrected chi connectivity index (χ2v) is 5.67. The topological polar surface area (TPSA) is 57.6 Å². The monoisotopic (exact) mass is 287 g/mol. The number of amides is 1. The summed E-state index contributed by atoms with van der Waals surface area (Å²) in [5.41, 5.74) is 1.83. The number of carboxylic acids is 1. The largest absolute Gasteiger partial charge is 0.478 e. The second-order valence-electron chi connectivity index (χ2n) is 5.67. The first kappa shape index (κ1) is 15.3. The third kappa shape index (κ3) is 4.74. The molecule has 0 bridgehead atoms. The molecule has 2 rings (SSSR count). The van der Waals surface area contributed by atoms with Crippen LogP contribution in [-0.2, 0) is 16.1 Å². The standard InChI is InChI=1S/C17H21NO3/c1-18(16(19)11-13-4-2-5-13)12-15-7-3-6-14(10-15)8-9-17(20)21/h3,6-10,13H,2,4-5,11-12H2,1H3,(H,20,21)/b9-8+. The maximum Gasteiger partial charge on any atom is 0.328 e. The van der Waals surface area contributed by atoms with E-state index >= 15 is 0 Å². The molecule has 0 saturated heterocycles. The third-order valence-corrected chi connectivity index (χ3v) is 3.90. The molecule has 0 atom stereocenters. The van der Waals surface area contributed by atoms with Gasteiger partial charge in [0.25, 0.3) is 0 Å². The molecule has 1 N–H and O–H groups in total. The summed E-state index contributed by atoms with van der Waals surface area (Å²) in [4.78, 5) is 24.4. The van der Waals surface area contributed by atoms with Gasteiger partial charge in [-0.05, 0) is 42.0 Å². The maximum absolute atomic E-state index is 12.1. The summed E-state index contributed by atoms with van der Waals surface area (Å²) >= 11 is 0. The molecule has 1 saturated carbocycles. The van der Waals surface area contributed by atoms with Gasteiger partial charge in [0.2, 0.25) is 5.91 Å². The van der Waals surface area contributed by atoms with Crippen LogP contribution >= 0.6 is 0 Å². The number of carbonyl (C=O) groups is 2. The van der Waals surface area contributed by atoms with Gasteiger partial charge in [-0.25, -0.2) is 4.79 Å². The average molecular weight is 287 g/mol. The summed E-state index contributed by atoms with van der Waals surface area (Å²) in [6.07, 6.45) is 6.92. The number of rotatable bonds is 6. The second kappa shape index (κ2) is 7.07. The molecule has 0 aromatic heterocycles. The van der Waals surface area contributed by atoms with Crippen LogP contribution < -0.4 is 0 Å². The third-order valence-electron chi connectivity index (χ3n) is 3.90. The zero-order valence-corrected chi connectivity index (χ0v) is 12.3. The van der Waals surface area contributed by atoms with Crippen LogP contribution in [0.5, 0.6) is 0 Å². The molecular formula is C17H21NO3. The van der Waals surface area contributed by atoms with Crippen LogP contribution in [0.25, 0.3) is 6.08 Å². The molecule has 0 aliphatic heterocycles. The lowest BCUT2D eigenvalue weighted by atomic mass is 9.83. The van der Waals surface area contributed by atoms with Crippen LogP contribution in [-0.4, -0.2) is 28.9 Å². The van der Waals surface area contributed by atoms with Gasteiger partial charge >= 0.3 is 5.97 Å². The minimum atomic E-state index is -0.965. The number of hydrogen-bond acceptors (Lipinski definition) is 2. The summed E-state index contributed by atoms with van der Waals surface area (Å²) in [7, 11) is 1.82. The van der Waals surface area contributed by atoms with Gasteiger partial charge in [-0.3, -0.25) is 4.79 Å². The fourth-order valence-electron chi connectivity index (χ4n) is 2.42. The molecule has 1 aliphatic carbocycles. The Hall–Kier alpha value is -2.10. The van der Waals surface area contributed by atoms with Crippen LogP contribution in [0.3, 0.4) is 0 Å². The van der Waals surface area contributed by atoms with Gasteiger partial charge in [-0.1, -0.05) is 24.6 Å². The van der Waals surface area contributed by atoms with E-state index in [0.717, 1.165) is 17.2 Å². The van der Waals surface area contributed by atoms with Crippen molar-refractivity contribution >= 4 is 18.0 Å². The fraction of sp³-hybridized carbons (Fsp3) is 0.412. The van der Waals surface area contributed by atoms with Crippen molar-refractivity contribution in [1.82, 2.24) is 4.90 Å². The van der Waals surface area contributed by atoms with E-state index in [1.807, 2.05) is 31.3 Å². The van der Waals surface area contributed by atoms with Gasteiger partial charge in [0, 0.05) is 26.1 Å². The first-order valence-corrected chi connectivity index (χ1v) is 7.28. The highest BCUT2D eigenvalue weighted by atomic mass is 16.4. The van der Waals surface area contributed by atoms with Crippen molar-refractivity contribution in [2.24, 2.45) is 5.92 Å². The lowest BCUT2D eigenvalue weighted by Crippen LogP contribution is -2.29. The molecule has 21 heavy (non-hydrogen) atoms. The van der Waals surface area contributed by atoms with Crippen LogP contribution in [0.15, 0.2) is 30.3 Å². The normalized spacial score (nSPS) is 14.9. The highest BCUT2D eigenvalue weighted by Gasteiger charge is 2.22. The van der Waals surface area contributed by atoms with Crippen molar-refractivity contribution in [3.8, 4) is 0 Å². The molecule has 0 radical (unpaired) electrons. The summed E-state index contributed by atoms with van der Waals surface area (Å²) in [5, 5.41) is 8.64. The van der Waals surface area contributed by atoms with Crippen LogP contribution in [0, 0.1) is 5.92 Å². The first-order chi connectivity index (χ1) is 10.0. The molecule has 0 heterocycles. The van der Waals surface area contributed by atoms with Crippen molar-refractivity contribution in [1.29, 1.82) is 0 Å². The SMILES string of the molecule is CN(Cc1cccc(/C=C/C(=O)O)c1)C(=O)CC1CCC1. The number of carboxylic acid groups (broad SMARTS) is 1. The van der Waals surface area contributed by atoms with E-state index in [2.05, 4.69) is 0 Å². The van der Waals surface area contributed by atoms with Crippen LogP contribution in [0.1, 0.15) is 36.8 Å². The minimum Gasteiger partial charge on any atom is -0.478 e.